The molecule has 1 amide bonds. The molecule has 0 saturated carbocycles. The first-order valence-electron chi connectivity index (χ1n) is 6.42. The number of anilines is 2. The summed E-state index contributed by atoms with van der Waals surface area (Å²) in [5, 5.41) is 2.63. The summed E-state index contributed by atoms with van der Waals surface area (Å²) >= 11 is 0. The van der Waals surface area contributed by atoms with E-state index in [0.29, 0.717) is 11.3 Å². The largest absolute Gasteiger partial charge is 0.399 e. The Morgan fingerprint density at radius 1 is 1.10 bits per heavy atom. The Morgan fingerprint density at radius 3 is 2.33 bits per heavy atom. The lowest BCUT2D eigenvalue weighted by Gasteiger charge is -2.11. The van der Waals surface area contributed by atoms with Gasteiger partial charge < -0.3 is 11.1 Å². The van der Waals surface area contributed by atoms with Crippen LogP contribution in [0.4, 0.5) is 11.4 Å². The number of rotatable bonds is 4. The molecule has 0 unspecified atom stereocenters. The van der Waals surface area contributed by atoms with E-state index in [1.54, 1.807) is 49.4 Å². The van der Waals surface area contributed by atoms with Gasteiger partial charge in [-0.1, -0.05) is 19.1 Å². The maximum Gasteiger partial charge on any atom is 0.255 e. The molecule has 0 bridgehead atoms. The van der Waals surface area contributed by atoms with Crippen molar-refractivity contribution in [3.63, 3.8) is 0 Å². The van der Waals surface area contributed by atoms with Gasteiger partial charge in [0, 0.05) is 11.3 Å². The molecule has 6 heteroatoms. The maximum absolute atomic E-state index is 12.1. The van der Waals surface area contributed by atoms with Crippen molar-refractivity contribution in [1.29, 1.82) is 0 Å². The van der Waals surface area contributed by atoms with Crippen molar-refractivity contribution < 1.29 is 13.2 Å². The van der Waals surface area contributed by atoms with Crippen molar-refractivity contribution in [2.45, 2.75) is 11.8 Å². The fraction of sp³-hybridized carbons (Fsp3) is 0.133. The molecule has 0 heterocycles. The van der Waals surface area contributed by atoms with Crippen molar-refractivity contribution in [1.82, 2.24) is 0 Å². The molecule has 2 aromatic rings. The summed E-state index contributed by atoms with van der Waals surface area (Å²) in [6, 6.07) is 12.8. The molecule has 0 fully saturated rings. The molecule has 0 aliphatic carbocycles. The second kappa shape index (κ2) is 5.97. The van der Waals surface area contributed by atoms with Gasteiger partial charge >= 0.3 is 0 Å². The third kappa shape index (κ3) is 3.41. The first kappa shape index (κ1) is 15.1. The van der Waals surface area contributed by atoms with Crippen LogP contribution in [-0.2, 0) is 9.84 Å². The number of hydrogen-bond donors (Lipinski definition) is 2. The van der Waals surface area contributed by atoms with Crippen LogP contribution >= 0.6 is 0 Å². The first-order chi connectivity index (χ1) is 9.94. The number of nitrogen functional groups attached to an aromatic ring is 1. The second-order valence-electron chi connectivity index (χ2n) is 4.48. The van der Waals surface area contributed by atoms with Gasteiger partial charge in [-0.25, -0.2) is 8.42 Å². The monoisotopic (exact) mass is 304 g/mol. The summed E-state index contributed by atoms with van der Waals surface area (Å²) < 4.78 is 24.0. The Kier molecular flexibility index (Phi) is 4.28. The third-order valence-electron chi connectivity index (χ3n) is 3.02. The fourth-order valence-corrected chi connectivity index (χ4v) is 2.88. The molecule has 0 aliphatic heterocycles. The van der Waals surface area contributed by atoms with Crippen LogP contribution in [0.25, 0.3) is 0 Å². The van der Waals surface area contributed by atoms with E-state index in [2.05, 4.69) is 5.32 Å². The molecular formula is C15H16N2O3S. The topological polar surface area (TPSA) is 89.3 Å². The van der Waals surface area contributed by atoms with Crippen molar-refractivity contribution in [3.05, 3.63) is 54.1 Å². The van der Waals surface area contributed by atoms with Gasteiger partial charge in [0.1, 0.15) is 0 Å². The predicted octanol–water partition coefficient (Wildman–Crippen LogP) is 2.31. The molecular weight excluding hydrogens is 288 g/mol. The van der Waals surface area contributed by atoms with E-state index < -0.39 is 9.84 Å². The fourth-order valence-electron chi connectivity index (χ4n) is 1.83. The lowest BCUT2D eigenvalue weighted by atomic mass is 10.2. The normalized spacial score (nSPS) is 11.1. The minimum absolute atomic E-state index is 0.0260. The molecule has 0 radical (unpaired) electrons. The van der Waals surface area contributed by atoms with Crippen LogP contribution in [0.2, 0.25) is 0 Å². The van der Waals surface area contributed by atoms with Gasteiger partial charge in [0.25, 0.3) is 5.91 Å². The summed E-state index contributed by atoms with van der Waals surface area (Å²) in [7, 11) is -3.40. The Balaban J connectivity index is 2.32. The van der Waals surface area contributed by atoms with E-state index in [1.165, 1.54) is 6.07 Å². The molecule has 5 nitrogen and oxygen atoms in total. The van der Waals surface area contributed by atoms with Crippen molar-refractivity contribution >= 4 is 27.1 Å². The van der Waals surface area contributed by atoms with E-state index in [1.807, 2.05) is 0 Å². The summed E-state index contributed by atoms with van der Waals surface area (Å²) in [5.41, 5.74) is 6.81. The quantitative estimate of drug-likeness (QED) is 0.848. The van der Waals surface area contributed by atoms with Gasteiger partial charge in [-0.05, 0) is 36.4 Å². The van der Waals surface area contributed by atoms with Crippen LogP contribution in [-0.4, -0.2) is 20.1 Å². The van der Waals surface area contributed by atoms with Crippen LogP contribution in [0.15, 0.2) is 53.4 Å². The van der Waals surface area contributed by atoms with Crippen molar-refractivity contribution in [3.8, 4) is 0 Å². The summed E-state index contributed by atoms with van der Waals surface area (Å²) in [5.74, 6) is -0.407. The van der Waals surface area contributed by atoms with Gasteiger partial charge in [0.15, 0.2) is 9.84 Å². The molecule has 0 atom stereocenters. The number of nitrogens with one attached hydrogen (secondary N) is 1. The number of nitrogens with two attached hydrogens (primary N) is 1. The van der Waals surface area contributed by atoms with E-state index in [-0.39, 0.29) is 22.2 Å². The lowest BCUT2D eigenvalue weighted by molar-refractivity contribution is 0.102. The Labute approximate surface area is 123 Å². The zero-order valence-electron chi connectivity index (χ0n) is 11.5. The van der Waals surface area contributed by atoms with Gasteiger partial charge in [-0.15, -0.1) is 0 Å². The third-order valence-corrected chi connectivity index (χ3v) is 4.81. The smallest absolute Gasteiger partial charge is 0.255 e. The summed E-state index contributed by atoms with van der Waals surface area (Å²) in [6.45, 7) is 1.56. The van der Waals surface area contributed by atoms with Crippen LogP contribution in [0.1, 0.15) is 17.3 Å². The zero-order valence-corrected chi connectivity index (χ0v) is 12.4. The molecule has 0 spiro atoms. The highest BCUT2D eigenvalue weighted by molar-refractivity contribution is 7.91. The highest BCUT2D eigenvalue weighted by atomic mass is 32.2. The molecule has 0 aliphatic rings. The second-order valence-corrected chi connectivity index (χ2v) is 6.72. The number of para-hydroxylation sites is 1. The van der Waals surface area contributed by atoms with E-state index in [4.69, 9.17) is 5.73 Å². The predicted molar refractivity (Wildman–Crippen MR) is 83.0 cm³/mol. The molecule has 110 valence electrons. The SMILES string of the molecule is CCS(=O)(=O)c1ccccc1NC(=O)c1ccc(N)cc1. The van der Waals surface area contributed by atoms with Crippen LogP contribution in [0.3, 0.4) is 0 Å². The highest BCUT2D eigenvalue weighted by Crippen LogP contribution is 2.22. The van der Waals surface area contributed by atoms with Gasteiger partial charge in [-0.3, -0.25) is 4.79 Å². The number of carbonyl (C=O) groups is 1. The maximum atomic E-state index is 12.1. The van der Waals surface area contributed by atoms with Crippen LogP contribution in [0, 0.1) is 0 Å². The molecule has 0 aromatic heterocycles. The van der Waals surface area contributed by atoms with E-state index >= 15 is 0 Å². The Morgan fingerprint density at radius 2 is 1.71 bits per heavy atom. The van der Waals surface area contributed by atoms with Crippen molar-refractivity contribution in [2.75, 3.05) is 16.8 Å². The first-order valence-corrected chi connectivity index (χ1v) is 8.08. The lowest BCUT2D eigenvalue weighted by Crippen LogP contribution is -2.15. The van der Waals surface area contributed by atoms with Crippen molar-refractivity contribution in [2.24, 2.45) is 0 Å². The summed E-state index contributed by atoms with van der Waals surface area (Å²) in [6.07, 6.45) is 0. The molecule has 2 rings (SSSR count). The minimum atomic E-state index is -3.40. The minimum Gasteiger partial charge on any atom is -0.399 e. The summed E-state index contributed by atoms with van der Waals surface area (Å²) in [4.78, 5) is 12.3. The van der Waals surface area contributed by atoms with Crippen LogP contribution < -0.4 is 11.1 Å². The number of amides is 1. The van der Waals surface area contributed by atoms with E-state index in [0.717, 1.165) is 0 Å². The highest BCUT2D eigenvalue weighted by Gasteiger charge is 2.17. The molecule has 21 heavy (non-hydrogen) atoms. The van der Waals surface area contributed by atoms with Gasteiger partial charge in [-0.2, -0.15) is 0 Å². The van der Waals surface area contributed by atoms with Gasteiger partial charge in [0.05, 0.1) is 16.3 Å². The Bertz CT molecular complexity index is 753. The zero-order chi connectivity index (χ0) is 15.5. The Hall–Kier alpha value is -2.34. The average Bonchev–Trinajstić information content (AvgIpc) is 2.48. The van der Waals surface area contributed by atoms with Gasteiger partial charge in [0.2, 0.25) is 0 Å². The van der Waals surface area contributed by atoms with Crippen LogP contribution in [0.5, 0.6) is 0 Å². The molecule has 0 saturated heterocycles. The number of benzene rings is 2. The van der Waals surface area contributed by atoms with E-state index in [9.17, 15) is 13.2 Å². The standard InChI is InChI=1S/C15H16N2O3S/c1-2-21(19,20)14-6-4-3-5-13(14)17-15(18)11-7-9-12(16)10-8-11/h3-10H,2,16H2,1H3,(H,17,18). The number of hydrogen-bond acceptors (Lipinski definition) is 4. The molecule has 2 aromatic carbocycles. The number of carbonyl (C=O) groups excluding carboxylic acids is 1. The number of sulfone groups is 1. The molecule has 3 N–H and O–H groups in total. The average molecular weight is 304 g/mol.